The van der Waals surface area contributed by atoms with E-state index in [0.717, 1.165) is 49.4 Å². The summed E-state index contributed by atoms with van der Waals surface area (Å²) in [7, 11) is 0. The number of rotatable bonds is 3. The van der Waals surface area contributed by atoms with Crippen LogP contribution in [0.15, 0.2) is 40.4 Å². The highest BCUT2D eigenvalue weighted by atomic mass is 79.9. The van der Waals surface area contributed by atoms with Crippen molar-refractivity contribution in [1.29, 1.82) is 0 Å². The number of esters is 2. The van der Waals surface area contributed by atoms with Gasteiger partial charge in [-0.15, -0.1) is 0 Å². The van der Waals surface area contributed by atoms with Crippen LogP contribution in [0.2, 0.25) is 0 Å². The number of carbonyl (C=O) groups excluding carboxylic acids is 2. The summed E-state index contributed by atoms with van der Waals surface area (Å²) in [5.41, 5.74) is 1.02. The van der Waals surface area contributed by atoms with Gasteiger partial charge < -0.3 is 14.6 Å². The summed E-state index contributed by atoms with van der Waals surface area (Å²) in [5.74, 6) is 0.551. The molecule has 1 aromatic rings. The maximum atomic E-state index is 12.6. The molecule has 5 nitrogen and oxygen atoms in total. The fourth-order valence-corrected chi connectivity index (χ4v) is 8.87. The molecular weight excluding hydrogens is 484 g/mol. The van der Waals surface area contributed by atoms with Crippen molar-refractivity contribution in [1.82, 2.24) is 0 Å². The summed E-state index contributed by atoms with van der Waals surface area (Å²) in [6, 6.07) is 7.12. The molecule has 4 fully saturated rings. The molecule has 7 atom stereocenters. The first-order valence-corrected chi connectivity index (χ1v) is 13.1. The van der Waals surface area contributed by atoms with Crippen LogP contribution in [0.5, 0.6) is 0 Å². The SMILES string of the molecule is C[C@@]12CC[C@H]3OC(=O)C=C3[C@H]1CC[C@@]13C[C@@H](CC[C@H]12)[C@@](O)(COC(=O)c1ccc(Br)cc1)C3. The number of fused-ring (bicyclic) bond motifs is 5. The van der Waals surface area contributed by atoms with Crippen molar-refractivity contribution >= 4 is 27.9 Å². The smallest absolute Gasteiger partial charge is 0.338 e. The molecule has 0 unspecified atom stereocenters. The third-order valence-corrected chi connectivity index (χ3v) is 10.5. The number of aliphatic hydroxyl groups is 1. The van der Waals surface area contributed by atoms with Gasteiger partial charge >= 0.3 is 11.9 Å². The largest absolute Gasteiger partial charge is 0.459 e. The van der Waals surface area contributed by atoms with Gasteiger partial charge in [0.05, 0.1) is 5.56 Å². The second-order valence-corrected chi connectivity index (χ2v) is 12.4. The van der Waals surface area contributed by atoms with E-state index in [2.05, 4.69) is 22.9 Å². The van der Waals surface area contributed by atoms with Crippen LogP contribution in [0, 0.1) is 28.6 Å². The van der Waals surface area contributed by atoms with E-state index in [4.69, 9.17) is 9.47 Å². The van der Waals surface area contributed by atoms with Crippen LogP contribution < -0.4 is 0 Å². The summed E-state index contributed by atoms with van der Waals surface area (Å²) < 4.78 is 12.1. The lowest BCUT2D eigenvalue weighted by atomic mass is 9.44. The Morgan fingerprint density at radius 2 is 1.97 bits per heavy atom. The normalized spacial score (nSPS) is 43.1. The Morgan fingerprint density at radius 1 is 1.18 bits per heavy atom. The second-order valence-electron chi connectivity index (χ2n) is 11.5. The molecule has 0 aromatic heterocycles. The highest BCUT2D eigenvalue weighted by Gasteiger charge is 2.67. The van der Waals surface area contributed by atoms with Crippen LogP contribution >= 0.6 is 15.9 Å². The van der Waals surface area contributed by atoms with Crippen LogP contribution in [-0.2, 0) is 14.3 Å². The van der Waals surface area contributed by atoms with Crippen LogP contribution in [0.4, 0.5) is 0 Å². The van der Waals surface area contributed by atoms with Gasteiger partial charge in [0, 0.05) is 10.5 Å². The molecule has 0 radical (unpaired) electrons. The Bertz CT molecular complexity index is 1030. The third-order valence-electron chi connectivity index (χ3n) is 9.93. The second kappa shape index (κ2) is 7.42. The fraction of sp³-hybridized carbons (Fsp3) is 0.630. The van der Waals surface area contributed by atoms with Crippen molar-refractivity contribution in [2.75, 3.05) is 6.61 Å². The first kappa shape index (κ1) is 21.8. The van der Waals surface area contributed by atoms with Crippen molar-refractivity contribution in [3.8, 4) is 0 Å². The number of carbonyl (C=O) groups is 2. The van der Waals surface area contributed by atoms with E-state index in [1.807, 2.05) is 12.1 Å². The zero-order chi connectivity index (χ0) is 23.0. The zero-order valence-corrected chi connectivity index (χ0v) is 20.6. The molecule has 6 heteroatoms. The van der Waals surface area contributed by atoms with Gasteiger partial charge in [-0.2, -0.15) is 0 Å². The lowest BCUT2D eigenvalue weighted by Crippen LogP contribution is -2.53. The molecule has 6 rings (SSSR count). The van der Waals surface area contributed by atoms with E-state index in [1.165, 1.54) is 5.57 Å². The monoisotopic (exact) mass is 514 g/mol. The third kappa shape index (κ3) is 3.27. The van der Waals surface area contributed by atoms with Gasteiger partial charge in [0.15, 0.2) is 0 Å². The molecule has 1 N–H and O–H groups in total. The molecule has 0 amide bonds. The van der Waals surface area contributed by atoms with Gasteiger partial charge in [-0.3, -0.25) is 0 Å². The first-order chi connectivity index (χ1) is 15.7. The predicted octanol–water partition coefficient (Wildman–Crippen LogP) is 5.21. The molecule has 0 saturated heterocycles. The number of hydrogen-bond acceptors (Lipinski definition) is 5. The zero-order valence-electron chi connectivity index (χ0n) is 19.0. The molecule has 33 heavy (non-hydrogen) atoms. The number of halogens is 1. The highest BCUT2D eigenvalue weighted by molar-refractivity contribution is 9.10. The molecule has 4 saturated carbocycles. The van der Waals surface area contributed by atoms with Crippen molar-refractivity contribution in [3.63, 3.8) is 0 Å². The molecule has 2 bridgehead atoms. The van der Waals surface area contributed by atoms with Gasteiger partial charge in [0.1, 0.15) is 18.3 Å². The number of ether oxygens (including phenoxy) is 2. The van der Waals surface area contributed by atoms with Crippen LogP contribution in [0.1, 0.15) is 68.6 Å². The topological polar surface area (TPSA) is 72.8 Å². The Morgan fingerprint density at radius 3 is 2.76 bits per heavy atom. The van der Waals surface area contributed by atoms with E-state index in [1.54, 1.807) is 18.2 Å². The Kier molecular flexibility index (Phi) is 4.91. The van der Waals surface area contributed by atoms with E-state index in [0.29, 0.717) is 23.8 Å². The van der Waals surface area contributed by atoms with E-state index in [9.17, 15) is 14.7 Å². The van der Waals surface area contributed by atoms with Crippen LogP contribution in [0.25, 0.3) is 0 Å². The lowest BCUT2D eigenvalue weighted by molar-refractivity contribution is -0.143. The van der Waals surface area contributed by atoms with Gasteiger partial charge in [-0.25, -0.2) is 9.59 Å². The highest BCUT2D eigenvalue weighted by Crippen LogP contribution is 2.71. The minimum absolute atomic E-state index is 0.0144. The van der Waals surface area contributed by atoms with Crippen molar-refractivity contribution < 1.29 is 24.2 Å². The fourth-order valence-electron chi connectivity index (χ4n) is 8.60. The van der Waals surface area contributed by atoms with Crippen molar-refractivity contribution in [3.05, 3.63) is 46.0 Å². The van der Waals surface area contributed by atoms with Crippen LogP contribution in [0.3, 0.4) is 0 Å². The summed E-state index contributed by atoms with van der Waals surface area (Å²) in [4.78, 5) is 24.6. The van der Waals surface area contributed by atoms with Gasteiger partial charge in [-0.05, 0) is 110 Å². The molecule has 1 spiro atoms. The average molecular weight is 515 g/mol. The number of benzene rings is 1. The molecule has 1 heterocycles. The van der Waals surface area contributed by atoms with Gasteiger partial charge in [-0.1, -0.05) is 22.9 Å². The van der Waals surface area contributed by atoms with Gasteiger partial charge in [0.2, 0.25) is 0 Å². The molecule has 5 aliphatic rings. The minimum atomic E-state index is -0.953. The summed E-state index contributed by atoms with van der Waals surface area (Å²) in [6.07, 6.45) is 9.65. The van der Waals surface area contributed by atoms with E-state index >= 15 is 0 Å². The van der Waals surface area contributed by atoms with Gasteiger partial charge in [0.25, 0.3) is 0 Å². The standard InChI is InChI=1S/C27H31BrO5/c1-25-10-9-21-19(12-23(29)33-21)20(25)8-11-26-13-17(4-7-22(25)26)27(31,14-26)15-32-24(30)16-2-5-18(28)6-3-16/h2-3,5-6,12,17,20-22,31H,4,7-11,13-15H2,1H3/t17-,20-,21-,22+,25-,26+,27+/m1/s1. The Hall–Kier alpha value is -1.66. The number of hydrogen-bond donors (Lipinski definition) is 1. The van der Waals surface area contributed by atoms with Crippen molar-refractivity contribution in [2.45, 2.75) is 70.0 Å². The molecule has 1 aromatic carbocycles. The predicted molar refractivity (Wildman–Crippen MR) is 125 cm³/mol. The maximum absolute atomic E-state index is 12.6. The van der Waals surface area contributed by atoms with E-state index in [-0.39, 0.29) is 41.4 Å². The summed E-state index contributed by atoms with van der Waals surface area (Å²) in [5, 5.41) is 11.7. The molecule has 1 aliphatic heterocycles. The molecule has 4 aliphatic carbocycles. The maximum Gasteiger partial charge on any atom is 0.338 e. The molecule has 176 valence electrons. The average Bonchev–Trinajstić information content (AvgIpc) is 3.26. The Balaban J connectivity index is 1.21. The Labute approximate surface area is 203 Å². The quantitative estimate of drug-likeness (QED) is 0.560. The van der Waals surface area contributed by atoms with Crippen LogP contribution in [-0.4, -0.2) is 35.4 Å². The first-order valence-electron chi connectivity index (χ1n) is 12.3. The molecular formula is C27H31BrO5. The van der Waals surface area contributed by atoms with Crippen molar-refractivity contribution in [2.24, 2.45) is 28.6 Å². The van der Waals surface area contributed by atoms with E-state index < -0.39 is 5.60 Å². The summed E-state index contributed by atoms with van der Waals surface area (Å²) >= 11 is 3.39. The minimum Gasteiger partial charge on any atom is -0.459 e. The lowest BCUT2D eigenvalue weighted by Gasteiger charge is -2.60. The summed E-state index contributed by atoms with van der Waals surface area (Å²) in [6.45, 7) is 2.49.